The molecule has 2 aromatic heterocycles. The van der Waals surface area contributed by atoms with Crippen molar-refractivity contribution in [2.45, 2.75) is 111 Å². The maximum absolute atomic E-state index is 13.2. The van der Waals surface area contributed by atoms with Gasteiger partial charge in [-0.05, 0) is 99.6 Å². The van der Waals surface area contributed by atoms with Crippen LogP contribution in [0, 0.1) is 5.41 Å². The molecule has 4 heterocycles. The summed E-state index contributed by atoms with van der Waals surface area (Å²) in [4.78, 5) is 20.3. The van der Waals surface area contributed by atoms with Crippen LogP contribution in [0.2, 0.25) is 0 Å². The van der Waals surface area contributed by atoms with Crippen molar-refractivity contribution in [2.75, 3.05) is 19.8 Å². The van der Waals surface area contributed by atoms with Crippen LogP contribution in [0.25, 0.3) is 22.2 Å². The number of hydrogen-bond acceptors (Lipinski definition) is 5. The highest BCUT2D eigenvalue weighted by molar-refractivity contribution is 9.10. The van der Waals surface area contributed by atoms with E-state index in [2.05, 4.69) is 85.6 Å². The van der Waals surface area contributed by atoms with E-state index in [4.69, 9.17) is 14.5 Å². The maximum Gasteiger partial charge on any atom is 0.410 e. The van der Waals surface area contributed by atoms with E-state index in [9.17, 15) is 9.90 Å². The van der Waals surface area contributed by atoms with Gasteiger partial charge in [0.25, 0.3) is 0 Å². The van der Waals surface area contributed by atoms with E-state index in [1.54, 1.807) is 0 Å². The van der Waals surface area contributed by atoms with Crippen molar-refractivity contribution in [1.82, 2.24) is 14.5 Å². The van der Waals surface area contributed by atoms with Crippen LogP contribution in [0.1, 0.15) is 96.9 Å². The fourth-order valence-corrected chi connectivity index (χ4v) is 7.27. The maximum atomic E-state index is 13.2. The topological polar surface area (TPSA) is 76.8 Å². The van der Waals surface area contributed by atoms with Gasteiger partial charge >= 0.3 is 6.09 Å². The second-order valence-electron chi connectivity index (χ2n) is 14.5. The Morgan fingerprint density at radius 1 is 1.14 bits per heavy atom. The van der Waals surface area contributed by atoms with Crippen LogP contribution in [-0.2, 0) is 22.4 Å². The van der Waals surface area contributed by atoms with Gasteiger partial charge in [0.1, 0.15) is 5.60 Å². The molecule has 0 saturated carbocycles. The number of fused-ring (bicyclic) bond motifs is 3. The fraction of sp³-hybridized carbons (Fsp3) is 0.600. The van der Waals surface area contributed by atoms with E-state index >= 15 is 0 Å². The van der Waals surface area contributed by atoms with Gasteiger partial charge < -0.3 is 19.1 Å². The molecule has 3 aromatic rings. The molecule has 2 fully saturated rings. The lowest BCUT2D eigenvalue weighted by atomic mass is 9.80. The molecule has 2 bridgehead atoms. The van der Waals surface area contributed by atoms with E-state index in [1.807, 2.05) is 25.7 Å². The first-order valence-corrected chi connectivity index (χ1v) is 16.5. The van der Waals surface area contributed by atoms with E-state index in [0.29, 0.717) is 13.2 Å². The lowest BCUT2D eigenvalue weighted by Gasteiger charge is -2.48. The summed E-state index contributed by atoms with van der Waals surface area (Å²) in [5, 5.41) is 11.5. The summed E-state index contributed by atoms with van der Waals surface area (Å²) in [6, 6.07) is 8.84. The highest BCUT2D eigenvalue weighted by Gasteiger charge is 2.44. The number of aliphatic hydroxyl groups is 1. The Labute approximate surface area is 265 Å². The minimum absolute atomic E-state index is 0.0269. The molecule has 3 atom stereocenters. The van der Waals surface area contributed by atoms with Crippen molar-refractivity contribution in [2.24, 2.45) is 5.41 Å². The number of carbonyl (C=O) groups is 1. The average Bonchev–Trinajstić information content (AvgIpc) is 3.22. The van der Waals surface area contributed by atoms with E-state index < -0.39 is 5.60 Å². The number of halogens is 1. The lowest BCUT2D eigenvalue weighted by Crippen LogP contribution is -2.59. The zero-order valence-electron chi connectivity index (χ0n) is 27.0. The molecule has 0 radical (unpaired) electrons. The predicted octanol–water partition coefficient (Wildman–Crippen LogP) is 8.05. The minimum atomic E-state index is -0.537. The summed E-state index contributed by atoms with van der Waals surface area (Å²) in [7, 11) is 0. The molecular formula is C35H48BrN3O4. The SMILES string of the molecule is CCn1c(-c2cc([C@H]3C[C@H]4COC[C@@H](C3)N4C(=O)OC(C)(C)C)cnc2C(C)C)c(CC(C)(C)CO)c2cc(Br)ccc21. The Morgan fingerprint density at radius 3 is 2.40 bits per heavy atom. The van der Waals surface area contributed by atoms with Gasteiger partial charge in [0.2, 0.25) is 0 Å². The molecule has 5 rings (SSSR count). The molecule has 2 aliphatic heterocycles. The van der Waals surface area contributed by atoms with E-state index in [1.165, 1.54) is 33.3 Å². The Hall–Kier alpha value is -2.42. The smallest absolute Gasteiger partial charge is 0.410 e. The van der Waals surface area contributed by atoms with Crippen molar-refractivity contribution >= 4 is 32.9 Å². The number of aromatic nitrogens is 2. The van der Waals surface area contributed by atoms with Gasteiger partial charge in [-0.2, -0.15) is 0 Å². The highest BCUT2D eigenvalue weighted by Crippen LogP contribution is 2.44. The van der Waals surface area contributed by atoms with Crippen molar-refractivity contribution in [3.63, 3.8) is 0 Å². The summed E-state index contributed by atoms with van der Waals surface area (Å²) in [6.07, 6.45) is 4.19. The van der Waals surface area contributed by atoms with Gasteiger partial charge in [0.05, 0.1) is 36.7 Å². The third kappa shape index (κ3) is 6.52. The van der Waals surface area contributed by atoms with E-state index in [-0.39, 0.29) is 42.0 Å². The number of amides is 1. The number of benzene rings is 1. The van der Waals surface area contributed by atoms with Crippen LogP contribution >= 0.6 is 15.9 Å². The van der Waals surface area contributed by atoms with Crippen molar-refractivity contribution in [3.8, 4) is 11.3 Å². The number of pyridine rings is 1. The number of aryl methyl sites for hydroxylation is 1. The number of nitrogens with zero attached hydrogens (tertiary/aromatic N) is 3. The number of aliphatic hydroxyl groups excluding tert-OH is 1. The minimum Gasteiger partial charge on any atom is -0.444 e. The number of morpholine rings is 1. The third-order valence-electron chi connectivity index (χ3n) is 8.87. The highest BCUT2D eigenvalue weighted by atomic mass is 79.9. The first-order chi connectivity index (χ1) is 20.2. The number of hydrogen-bond donors (Lipinski definition) is 1. The quantitative estimate of drug-likeness (QED) is 0.279. The van der Waals surface area contributed by atoms with Crippen molar-refractivity contribution in [3.05, 3.63) is 51.8 Å². The van der Waals surface area contributed by atoms with Crippen LogP contribution in [0.3, 0.4) is 0 Å². The summed E-state index contributed by atoms with van der Waals surface area (Å²) < 4.78 is 15.2. The zero-order chi connectivity index (χ0) is 31.3. The first-order valence-electron chi connectivity index (χ1n) is 15.7. The van der Waals surface area contributed by atoms with Gasteiger partial charge in [-0.25, -0.2) is 4.79 Å². The third-order valence-corrected chi connectivity index (χ3v) is 9.36. The van der Waals surface area contributed by atoms with Crippen LogP contribution in [0.4, 0.5) is 4.79 Å². The Bertz CT molecular complexity index is 1470. The molecule has 1 N–H and O–H groups in total. The molecule has 0 unspecified atom stereocenters. The van der Waals surface area contributed by atoms with Gasteiger partial charge in [-0.3, -0.25) is 9.88 Å². The Morgan fingerprint density at radius 2 is 1.81 bits per heavy atom. The van der Waals surface area contributed by atoms with Gasteiger partial charge in [-0.15, -0.1) is 0 Å². The molecule has 2 saturated heterocycles. The van der Waals surface area contributed by atoms with Crippen molar-refractivity contribution in [1.29, 1.82) is 0 Å². The van der Waals surface area contributed by atoms with E-state index in [0.717, 1.165) is 36.0 Å². The van der Waals surface area contributed by atoms with Crippen LogP contribution in [0.5, 0.6) is 0 Å². The molecule has 234 valence electrons. The van der Waals surface area contributed by atoms with Gasteiger partial charge in [0.15, 0.2) is 0 Å². The van der Waals surface area contributed by atoms with Gasteiger partial charge in [0, 0.05) is 40.3 Å². The number of rotatable bonds is 7. The number of piperidine rings is 1. The number of carbonyl (C=O) groups excluding carboxylic acids is 1. The molecular weight excluding hydrogens is 606 g/mol. The van der Waals surface area contributed by atoms with Crippen LogP contribution in [-0.4, -0.2) is 63.2 Å². The first kappa shape index (κ1) is 32.0. The molecule has 43 heavy (non-hydrogen) atoms. The summed E-state index contributed by atoms with van der Waals surface area (Å²) in [6.45, 7) is 18.6. The fourth-order valence-electron chi connectivity index (χ4n) is 6.91. The molecule has 1 amide bonds. The van der Waals surface area contributed by atoms with Crippen molar-refractivity contribution < 1.29 is 19.4 Å². The predicted molar refractivity (Wildman–Crippen MR) is 176 cm³/mol. The Kier molecular flexibility index (Phi) is 9.05. The molecule has 2 aliphatic rings. The van der Waals surface area contributed by atoms with Gasteiger partial charge in [-0.1, -0.05) is 43.6 Å². The molecule has 1 aromatic carbocycles. The van der Waals surface area contributed by atoms with Crippen LogP contribution in [0.15, 0.2) is 34.9 Å². The second-order valence-corrected chi connectivity index (χ2v) is 15.4. The summed E-state index contributed by atoms with van der Waals surface area (Å²) >= 11 is 3.71. The summed E-state index contributed by atoms with van der Waals surface area (Å²) in [5.74, 6) is 0.496. The lowest BCUT2D eigenvalue weighted by molar-refractivity contribution is -0.0825. The average molecular weight is 655 g/mol. The monoisotopic (exact) mass is 653 g/mol. The molecule has 0 spiro atoms. The standard InChI is InChI=1S/C35H48BrN3O4/c1-9-38-30-11-10-24(36)15-27(30)29(16-35(7,8)20-40)32(38)28-14-23(17-37-31(28)21(2)3)22-12-25-18-42-19-26(13-22)39(25)33(41)43-34(4,5)6/h10-11,14-15,17,21-22,25-26,40H,9,12-13,16,18-20H2,1-8H3/t22-,25-,26+. The molecule has 0 aliphatic carbocycles. The Balaban J connectivity index is 1.61. The molecule has 7 nitrogen and oxygen atoms in total. The summed E-state index contributed by atoms with van der Waals surface area (Å²) in [5.41, 5.74) is 6.29. The van der Waals surface area contributed by atoms with Crippen LogP contribution < -0.4 is 0 Å². The second kappa shape index (κ2) is 12.2. The largest absolute Gasteiger partial charge is 0.444 e. The number of ether oxygens (including phenoxy) is 2. The zero-order valence-corrected chi connectivity index (χ0v) is 28.6. The normalized spacial score (nSPS) is 21.1. The molecule has 8 heteroatoms.